The van der Waals surface area contributed by atoms with Crippen LogP contribution in [0.2, 0.25) is 0 Å². The van der Waals surface area contributed by atoms with E-state index in [0.29, 0.717) is 0 Å². The van der Waals surface area contributed by atoms with Crippen LogP contribution in [0.3, 0.4) is 0 Å². The Morgan fingerprint density at radius 2 is 2.06 bits per heavy atom. The van der Waals surface area contributed by atoms with Crippen molar-refractivity contribution in [3.63, 3.8) is 0 Å². The smallest absolute Gasteiger partial charge is 0.342 e. The van der Waals surface area contributed by atoms with Crippen LogP contribution in [-0.4, -0.2) is 30.7 Å². The molecule has 0 unspecified atom stereocenters. The van der Waals surface area contributed by atoms with Crippen LogP contribution in [0.15, 0.2) is 18.2 Å². The van der Waals surface area contributed by atoms with Crippen molar-refractivity contribution in [1.82, 2.24) is 0 Å². The Morgan fingerprint density at radius 3 is 2.47 bits per heavy atom. The number of nitro groups is 1. The molecule has 0 amide bonds. The highest BCUT2D eigenvalue weighted by atomic mass is 32.2. The lowest BCUT2D eigenvalue weighted by molar-refractivity contribution is -0.385. The fraction of sp³-hybridized carbons (Fsp3) is 0.125. The van der Waals surface area contributed by atoms with Crippen molar-refractivity contribution < 1.29 is 27.4 Å². The number of carboxylic acid groups (broad SMARTS) is 1. The molecule has 92 valence electrons. The first-order chi connectivity index (χ1) is 7.70. The Labute approximate surface area is 95.7 Å². The van der Waals surface area contributed by atoms with Crippen molar-refractivity contribution in [2.24, 2.45) is 0 Å². The molecule has 0 atom stereocenters. The monoisotopic (exact) mass is 261 g/mol. The summed E-state index contributed by atoms with van der Waals surface area (Å²) in [5.41, 5.74) is -1.28. The van der Waals surface area contributed by atoms with Crippen molar-refractivity contribution in [3.05, 3.63) is 33.9 Å². The fourth-order valence-electron chi connectivity index (χ4n) is 1.07. The molecule has 0 radical (unpaired) electrons. The number of nitrogens with zero attached hydrogens (tertiary/aromatic N) is 1. The Bertz CT molecular complexity index is 578. The van der Waals surface area contributed by atoms with E-state index in [2.05, 4.69) is 4.18 Å². The van der Waals surface area contributed by atoms with Crippen molar-refractivity contribution in [1.29, 1.82) is 0 Å². The number of hydrogen-bond acceptors (Lipinski definition) is 6. The van der Waals surface area contributed by atoms with Gasteiger partial charge >= 0.3 is 16.1 Å². The molecule has 17 heavy (non-hydrogen) atoms. The topological polar surface area (TPSA) is 124 Å². The maximum Gasteiger partial charge on any atom is 0.342 e. The fourth-order valence-corrected chi connectivity index (χ4v) is 1.53. The van der Waals surface area contributed by atoms with Crippen LogP contribution >= 0.6 is 0 Å². The van der Waals surface area contributed by atoms with E-state index >= 15 is 0 Å². The second-order valence-corrected chi connectivity index (χ2v) is 4.60. The Balaban J connectivity index is 3.28. The average molecular weight is 261 g/mol. The number of nitro benzene ring substituents is 1. The largest absolute Gasteiger partial charge is 0.477 e. The lowest BCUT2D eigenvalue weighted by atomic mass is 10.2. The highest BCUT2D eigenvalue weighted by Crippen LogP contribution is 2.24. The van der Waals surface area contributed by atoms with Crippen molar-refractivity contribution in [3.8, 4) is 5.75 Å². The summed E-state index contributed by atoms with van der Waals surface area (Å²) in [6.07, 6.45) is 0.773. The predicted octanol–water partition coefficient (Wildman–Crippen LogP) is 0.631. The van der Waals surface area contributed by atoms with E-state index in [-0.39, 0.29) is 5.75 Å². The summed E-state index contributed by atoms with van der Waals surface area (Å²) in [6, 6.07) is 2.65. The third kappa shape index (κ3) is 3.41. The van der Waals surface area contributed by atoms with Gasteiger partial charge in [0.25, 0.3) is 5.69 Å². The minimum absolute atomic E-state index is 0.296. The van der Waals surface area contributed by atoms with Gasteiger partial charge in [-0.1, -0.05) is 0 Å². The van der Waals surface area contributed by atoms with E-state index in [1.54, 1.807) is 0 Å². The zero-order chi connectivity index (χ0) is 13.2. The molecule has 0 saturated heterocycles. The molecule has 1 rings (SSSR count). The zero-order valence-corrected chi connectivity index (χ0v) is 9.30. The van der Waals surface area contributed by atoms with Gasteiger partial charge in [-0.2, -0.15) is 8.42 Å². The summed E-state index contributed by atoms with van der Waals surface area (Å²) in [6.45, 7) is 0. The standard InChI is InChI=1S/C8H7NO7S/c1-17(14,15)16-5-2-3-7(9(12)13)6(4-5)8(10)11/h2-4H,1H3,(H,10,11). The van der Waals surface area contributed by atoms with Crippen LogP contribution in [-0.2, 0) is 10.1 Å². The number of carboxylic acids is 1. The number of carbonyl (C=O) groups is 1. The highest BCUT2D eigenvalue weighted by Gasteiger charge is 2.21. The van der Waals surface area contributed by atoms with Gasteiger partial charge in [0.2, 0.25) is 0 Å². The Hall–Kier alpha value is -2.16. The van der Waals surface area contributed by atoms with Gasteiger partial charge in [0, 0.05) is 12.1 Å². The van der Waals surface area contributed by atoms with Crippen LogP contribution < -0.4 is 4.18 Å². The van der Waals surface area contributed by atoms with Gasteiger partial charge in [0.1, 0.15) is 11.3 Å². The summed E-state index contributed by atoms with van der Waals surface area (Å²) in [7, 11) is -3.82. The number of hydrogen-bond donors (Lipinski definition) is 1. The summed E-state index contributed by atoms with van der Waals surface area (Å²) in [5, 5.41) is 19.2. The lowest BCUT2D eigenvalue weighted by Crippen LogP contribution is -2.08. The van der Waals surface area contributed by atoms with E-state index in [1.807, 2.05) is 0 Å². The van der Waals surface area contributed by atoms with Crippen molar-refractivity contribution >= 4 is 21.8 Å². The molecule has 0 aliphatic heterocycles. The maximum atomic E-state index is 10.8. The van der Waals surface area contributed by atoms with Crippen LogP contribution in [0.25, 0.3) is 0 Å². The maximum absolute atomic E-state index is 10.8. The molecule has 0 spiro atoms. The first-order valence-corrected chi connectivity index (χ1v) is 5.93. The van der Waals surface area contributed by atoms with Crippen molar-refractivity contribution in [2.45, 2.75) is 0 Å². The van der Waals surface area contributed by atoms with Crippen LogP contribution in [0.4, 0.5) is 5.69 Å². The summed E-state index contributed by atoms with van der Waals surface area (Å²) in [4.78, 5) is 20.4. The molecule has 1 aromatic rings. The molecular formula is C8H7NO7S. The van der Waals surface area contributed by atoms with Crippen LogP contribution in [0.5, 0.6) is 5.75 Å². The van der Waals surface area contributed by atoms with Crippen LogP contribution in [0.1, 0.15) is 10.4 Å². The van der Waals surface area contributed by atoms with Gasteiger partial charge in [-0.3, -0.25) is 10.1 Å². The van der Waals surface area contributed by atoms with E-state index in [1.165, 1.54) is 0 Å². The van der Waals surface area contributed by atoms with Crippen molar-refractivity contribution in [2.75, 3.05) is 6.26 Å². The molecular weight excluding hydrogens is 254 g/mol. The number of aromatic carboxylic acids is 1. The van der Waals surface area contributed by atoms with E-state index in [4.69, 9.17) is 5.11 Å². The van der Waals surface area contributed by atoms with Crippen LogP contribution in [0, 0.1) is 10.1 Å². The van der Waals surface area contributed by atoms with E-state index in [0.717, 1.165) is 24.5 Å². The van der Waals surface area contributed by atoms with Gasteiger partial charge in [0.15, 0.2) is 0 Å². The minimum Gasteiger partial charge on any atom is -0.477 e. The van der Waals surface area contributed by atoms with Gasteiger partial charge in [0.05, 0.1) is 11.2 Å². The zero-order valence-electron chi connectivity index (χ0n) is 8.48. The first-order valence-electron chi connectivity index (χ1n) is 4.12. The Kier molecular flexibility index (Phi) is 3.32. The summed E-state index contributed by atoms with van der Waals surface area (Å²) < 4.78 is 26.0. The van der Waals surface area contributed by atoms with Gasteiger partial charge in [-0.15, -0.1) is 0 Å². The average Bonchev–Trinajstić information content (AvgIpc) is 2.14. The molecule has 0 aromatic heterocycles. The first kappa shape index (κ1) is 12.9. The summed E-state index contributed by atoms with van der Waals surface area (Å²) in [5.74, 6) is -1.84. The third-order valence-corrected chi connectivity index (χ3v) is 2.14. The highest BCUT2D eigenvalue weighted by molar-refractivity contribution is 7.86. The van der Waals surface area contributed by atoms with E-state index in [9.17, 15) is 23.3 Å². The quantitative estimate of drug-likeness (QED) is 0.478. The molecule has 1 aromatic carbocycles. The lowest BCUT2D eigenvalue weighted by Gasteiger charge is -2.04. The molecule has 8 nitrogen and oxygen atoms in total. The van der Waals surface area contributed by atoms with Gasteiger partial charge in [-0.25, -0.2) is 4.79 Å². The number of benzene rings is 1. The Morgan fingerprint density at radius 1 is 1.47 bits per heavy atom. The molecule has 9 heteroatoms. The second-order valence-electron chi connectivity index (χ2n) is 3.03. The molecule has 0 saturated carbocycles. The third-order valence-electron chi connectivity index (χ3n) is 1.64. The van der Waals surface area contributed by atoms with Gasteiger partial charge in [-0.05, 0) is 6.07 Å². The molecule has 1 N–H and O–H groups in total. The minimum atomic E-state index is -3.82. The molecule has 0 bridgehead atoms. The molecule has 0 fully saturated rings. The van der Waals surface area contributed by atoms with Gasteiger partial charge < -0.3 is 9.29 Å². The SMILES string of the molecule is CS(=O)(=O)Oc1ccc([N+](=O)[O-])c(C(=O)O)c1. The predicted molar refractivity (Wildman–Crippen MR) is 55.5 cm³/mol. The molecule has 0 heterocycles. The molecule has 0 aliphatic carbocycles. The summed E-state index contributed by atoms with van der Waals surface area (Å²) >= 11 is 0. The second kappa shape index (κ2) is 4.37. The number of rotatable bonds is 4. The molecule has 0 aliphatic rings. The van der Waals surface area contributed by atoms with E-state index < -0.39 is 32.3 Å². The normalized spacial score (nSPS) is 10.9.